The third-order valence-corrected chi connectivity index (χ3v) is 4.66. The van der Waals surface area contributed by atoms with E-state index in [1.54, 1.807) is 0 Å². The molecule has 0 fully saturated rings. The van der Waals surface area contributed by atoms with Crippen molar-refractivity contribution < 1.29 is 4.57 Å². The molecular weight excluding hydrogens is 278 g/mol. The predicted octanol–water partition coefficient (Wildman–Crippen LogP) is 5.39. The summed E-state index contributed by atoms with van der Waals surface area (Å²) in [4.78, 5) is 0. The standard InChI is InChI=1S/C22H32N/c1-15-10-11-17(21(3,4)5)12-18(15)20-13-19(22(6,7)8)16(2)14-23(20)9/h10-14H,1-9H3/q+1. The summed E-state index contributed by atoms with van der Waals surface area (Å²) in [6.45, 7) is 18.1. The van der Waals surface area contributed by atoms with Crippen molar-refractivity contribution in [2.24, 2.45) is 7.05 Å². The Kier molecular flexibility index (Phi) is 4.45. The molecule has 0 radical (unpaired) electrons. The van der Waals surface area contributed by atoms with Crippen molar-refractivity contribution in [1.82, 2.24) is 0 Å². The molecule has 0 spiro atoms. The molecule has 1 aromatic carbocycles. The molecule has 23 heavy (non-hydrogen) atoms. The van der Waals surface area contributed by atoms with Crippen LogP contribution in [0.1, 0.15) is 63.8 Å². The molecule has 1 heteroatoms. The van der Waals surface area contributed by atoms with Gasteiger partial charge in [-0.1, -0.05) is 53.7 Å². The highest BCUT2D eigenvalue weighted by Gasteiger charge is 2.24. The van der Waals surface area contributed by atoms with Gasteiger partial charge in [-0.05, 0) is 47.4 Å². The summed E-state index contributed by atoms with van der Waals surface area (Å²) in [7, 11) is 2.15. The third kappa shape index (κ3) is 3.65. The quantitative estimate of drug-likeness (QED) is 0.622. The fraction of sp³-hybridized carbons (Fsp3) is 0.500. The van der Waals surface area contributed by atoms with Crippen molar-refractivity contribution in [3.63, 3.8) is 0 Å². The van der Waals surface area contributed by atoms with Gasteiger partial charge in [0.15, 0.2) is 6.20 Å². The largest absolute Gasteiger partial charge is 0.212 e. The van der Waals surface area contributed by atoms with Crippen LogP contribution in [0.4, 0.5) is 0 Å². The molecule has 0 saturated heterocycles. The highest BCUT2D eigenvalue weighted by molar-refractivity contribution is 5.64. The van der Waals surface area contributed by atoms with Crippen LogP contribution in [0.15, 0.2) is 30.5 Å². The summed E-state index contributed by atoms with van der Waals surface area (Å²) in [6, 6.07) is 9.26. The van der Waals surface area contributed by atoms with Gasteiger partial charge in [-0.25, -0.2) is 4.57 Å². The first-order valence-electron chi connectivity index (χ1n) is 8.53. The monoisotopic (exact) mass is 310 g/mol. The molecule has 0 bridgehead atoms. The summed E-state index contributed by atoms with van der Waals surface area (Å²) < 4.78 is 2.26. The fourth-order valence-corrected chi connectivity index (χ4v) is 3.22. The van der Waals surface area contributed by atoms with E-state index in [9.17, 15) is 0 Å². The van der Waals surface area contributed by atoms with Crippen molar-refractivity contribution in [2.45, 2.75) is 66.2 Å². The van der Waals surface area contributed by atoms with E-state index in [1.807, 2.05) is 0 Å². The zero-order valence-corrected chi connectivity index (χ0v) is 16.3. The molecule has 1 aromatic heterocycles. The van der Waals surface area contributed by atoms with Crippen molar-refractivity contribution >= 4 is 0 Å². The minimum atomic E-state index is 0.155. The highest BCUT2D eigenvalue weighted by atomic mass is 14.9. The van der Waals surface area contributed by atoms with Crippen molar-refractivity contribution in [1.29, 1.82) is 0 Å². The summed E-state index contributed by atoms with van der Waals surface area (Å²) in [5.74, 6) is 0. The summed E-state index contributed by atoms with van der Waals surface area (Å²) in [5, 5.41) is 0. The molecule has 0 N–H and O–H groups in total. The van der Waals surface area contributed by atoms with Gasteiger partial charge in [-0.2, -0.15) is 0 Å². The summed E-state index contributed by atoms with van der Waals surface area (Å²) in [6.07, 6.45) is 2.26. The Hall–Kier alpha value is -1.63. The van der Waals surface area contributed by atoms with Crippen molar-refractivity contribution in [3.8, 4) is 11.3 Å². The molecule has 0 unspecified atom stereocenters. The summed E-state index contributed by atoms with van der Waals surface area (Å²) >= 11 is 0. The van der Waals surface area contributed by atoms with Gasteiger partial charge in [0, 0.05) is 17.2 Å². The van der Waals surface area contributed by atoms with Gasteiger partial charge < -0.3 is 0 Å². The van der Waals surface area contributed by atoms with Crippen LogP contribution in [0.2, 0.25) is 0 Å². The maximum atomic E-state index is 2.38. The second kappa shape index (κ2) is 5.78. The Balaban J connectivity index is 2.72. The Labute approximate surface area is 142 Å². The number of pyridine rings is 1. The zero-order chi connectivity index (χ0) is 17.6. The first-order chi connectivity index (χ1) is 10.4. The molecule has 2 aromatic rings. The lowest BCUT2D eigenvalue weighted by Crippen LogP contribution is -2.33. The molecule has 1 heterocycles. The fourth-order valence-electron chi connectivity index (χ4n) is 3.22. The van der Waals surface area contributed by atoms with E-state index in [4.69, 9.17) is 0 Å². The number of hydrogen-bond acceptors (Lipinski definition) is 0. The molecule has 0 atom stereocenters. The van der Waals surface area contributed by atoms with Gasteiger partial charge in [-0.3, -0.25) is 0 Å². The normalized spacial score (nSPS) is 12.6. The Morgan fingerprint density at radius 1 is 0.783 bits per heavy atom. The Bertz CT molecular complexity index is 725. The lowest BCUT2D eigenvalue weighted by Gasteiger charge is -2.23. The van der Waals surface area contributed by atoms with E-state index in [1.165, 1.54) is 33.5 Å². The average molecular weight is 311 g/mol. The predicted molar refractivity (Wildman–Crippen MR) is 99.9 cm³/mol. The number of hydrogen-bond donors (Lipinski definition) is 0. The van der Waals surface area contributed by atoms with E-state index < -0.39 is 0 Å². The smallest absolute Gasteiger partial charge is 0.201 e. The molecule has 0 amide bonds. The van der Waals surface area contributed by atoms with Crippen LogP contribution >= 0.6 is 0 Å². The van der Waals surface area contributed by atoms with Crippen LogP contribution in [0.25, 0.3) is 11.3 Å². The maximum Gasteiger partial charge on any atom is 0.212 e. The van der Waals surface area contributed by atoms with Crippen LogP contribution in [0.3, 0.4) is 0 Å². The Morgan fingerprint density at radius 2 is 1.39 bits per heavy atom. The number of benzene rings is 1. The second-order valence-corrected chi connectivity index (χ2v) is 8.90. The van der Waals surface area contributed by atoms with Gasteiger partial charge in [0.05, 0.1) is 0 Å². The zero-order valence-electron chi connectivity index (χ0n) is 16.3. The molecule has 0 aliphatic carbocycles. The van der Waals surface area contributed by atoms with E-state index in [-0.39, 0.29) is 10.8 Å². The van der Waals surface area contributed by atoms with Crippen molar-refractivity contribution in [3.05, 3.63) is 52.7 Å². The van der Waals surface area contributed by atoms with Crippen LogP contribution in [0.5, 0.6) is 0 Å². The van der Waals surface area contributed by atoms with Gasteiger partial charge in [0.1, 0.15) is 7.05 Å². The SMILES string of the molecule is Cc1ccc(C(C)(C)C)cc1-c1cc(C(C)(C)C)c(C)c[n+]1C. The number of aromatic nitrogens is 1. The number of aryl methyl sites for hydroxylation is 3. The lowest BCUT2D eigenvalue weighted by atomic mass is 9.82. The van der Waals surface area contributed by atoms with Gasteiger partial charge in [-0.15, -0.1) is 0 Å². The van der Waals surface area contributed by atoms with Gasteiger partial charge >= 0.3 is 0 Å². The van der Waals surface area contributed by atoms with Crippen LogP contribution in [0, 0.1) is 13.8 Å². The lowest BCUT2D eigenvalue weighted by molar-refractivity contribution is -0.660. The highest BCUT2D eigenvalue weighted by Crippen LogP contribution is 2.32. The molecule has 0 aliphatic rings. The first kappa shape index (κ1) is 17.7. The topological polar surface area (TPSA) is 3.88 Å². The second-order valence-electron chi connectivity index (χ2n) is 8.90. The van der Waals surface area contributed by atoms with Crippen LogP contribution in [-0.2, 0) is 17.9 Å². The number of rotatable bonds is 1. The third-order valence-electron chi connectivity index (χ3n) is 4.66. The first-order valence-corrected chi connectivity index (χ1v) is 8.53. The molecule has 0 aliphatic heterocycles. The van der Waals surface area contributed by atoms with Crippen LogP contribution < -0.4 is 4.57 Å². The maximum absolute atomic E-state index is 2.38. The average Bonchev–Trinajstić information content (AvgIpc) is 2.37. The molecule has 0 saturated carbocycles. The molecule has 2 rings (SSSR count). The Morgan fingerprint density at radius 3 is 1.91 bits per heavy atom. The molecular formula is C22H32N+. The number of nitrogens with zero attached hydrogens (tertiary/aromatic N) is 1. The molecule has 124 valence electrons. The van der Waals surface area contributed by atoms with Gasteiger partial charge in [0.25, 0.3) is 0 Å². The van der Waals surface area contributed by atoms with E-state index >= 15 is 0 Å². The van der Waals surface area contributed by atoms with Crippen LogP contribution in [-0.4, -0.2) is 0 Å². The van der Waals surface area contributed by atoms with Crippen molar-refractivity contribution in [2.75, 3.05) is 0 Å². The van der Waals surface area contributed by atoms with E-state index in [0.717, 1.165) is 0 Å². The minimum Gasteiger partial charge on any atom is -0.201 e. The summed E-state index contributed by atoms with van der Waals surface area (Å²) in [5.41, 5.74) is 8.45. The van der Waals surface area contributed by atoms with E-state index in [0.29, 0.717) is 0 Å². The molecule has 1 nitrogen and oxygen atoms in total. The van der Waals surface area contributed by atoms with E-state index in [2.05, 4.69) is 97.5 Å². The van der Waals surface area contributed by atoms with Gasteiger partial charge in [0.2, 0.25) is 5.69 Å². The minimum absolute atomic E-state index is 0.155.